The van der Waals surface area contributed by atoms with Gasteiger partial charge in [-0.2, -0.15) is 5.26 Å². The molecule has 2 aliphatic rings. The maximum Gasteiger partial charge on any atom is 0.339 e. The summed E-state index contributed by atoms with van der Waals surface area (Å²) in [5.41, 5.74) is 1.59. The minimum absolute atomic E-state index is 0.0814. The number of benzene rings is 1. The number of nitriles is 1. The number of hydrogen-bond donors (Lipinski definition) is 1. The normalized spacial score (nSPS) is 16.6. The lowest BCUT2D eigenvalue weighted by Crippen LogP contribution is -2.55. The fourth-order valence-electron chi connectivity index (χ4n) is 5.55. The molecule has 0 unspecified atom stereocenters. The second-order valence-corrected chi connectivity index (χ2v) is 9.91. The number of anilines is 2. The van der Waals surface area contributed by atoms with E-state index in [2.05, 4.69) is 34.0 Å². The molecule has 4 heterocycles. The van der Waals surface area contributed by atoms with E-state index in [1.54, 1.807) is 0 Å². The largest absolute Gasteiger partial charge is 0.422 e. The molecule has 1 spiro atoms. The summed E-state index contributed by atoms with van der Waals surface area (Å²) in [4.78, 5) is 53.0. The molecule has 5 rings (SSSR count). The average molecular weight is 530 g/mol. The van der Waals surface area contributed by atoms with Crippen molar-refractivity contribution in [3.05, 3.63) is 57.7 Å². The number of aromatic nitrogens is 2. The van der Waals surface area contributed by atoms with Crippen molar-refractivity contribution in [2.45, 2.75) is 45.6 Å². The van der Waals surface area contributed by atoms with E-state index >= 15 is 0 Å². The van der Waals surface area contributed by atoms with Crippen molar-refractivity contribution < 1.29 is 14.0 Å². The van der Waals surface area contributed by atoms with Gasteiger partial charge in [0.05, 0.1) is 0 Å². The van der Waals surface area contributed by atoms with E-state index in [1.165, 1.54) is 17.2 Å². The zero-order chi connectivity index (χ0) is 27.7. The number of imide groups is 1. The summed E-state index contributed by atoms with van der Waals surface area (Å²) in [7, 11) is 0. The number of rotatable bonds is 7. The van der Waals surface area contributed by atoms with Crippen LogP contribution in [-0.2, 0) is 11.2 Å². The van der Waals surface area contributed by atoms with E-state index < -0.39 is 17.2 Å². The molecule has 0 saturated carbocycles. The average Bonchev–Trinajstić information content (AvgIpc) is 3.17. The molecule has 1 aromatic carbocycles. The quantitative estimate of drug-likeness (QED) is 0.362. The predicted octanol–water partition coefficient (Wildman–Crippen LogP) is 2.74. The number of carbonyl (C=O) groups excluding carboxylic acids is 2. The van der Waals surface area contributed by atoms with Crippen LogP contribution in [0.2, 0.25) is 0 Å². The van der Waals surface area contributed by atoms with Gasteiger partial charge in [-0.15, -0.1) is 0 Å². The first-order valence-corrected chi connectivity index (χ1v) is 13.2. The van der Waals surface area contributed by atoms with Crippen LogP contribution in [0.15, 0.2) is 39.7 Å². The van der Waals surface area contributed by atoms with E-state index in [1.807, 2.05) is 36.1 Å². The first-order valence-electron chi connectivity index (χ1n) is 13.2. The van der Waals surface area contributed by atoms with Crippen molar-refractivity contribution >= 4 is 34.5 Å². The molecule has 11 nitrogen and oxygen atoms in total. The van der Waals surface area contributed by atoms with Crippen LogP contribution in [0.4, 0.5) is 16.4 Å². The van der Waals surface area contributed by atoms with E-state index in [9.17, 15) is 14.4 Å². The Bertz CT molecular complexity index is 1530. The van der Waals surface area contributed by atoms with Crippen LogP contribution in [0.5, 0.6) is 0 Å². The van der Waals surface area contributed by atoms with E-state index in [4.69, 9.17) is 9.68 Å². The highest BCUT2D eigenvalue weighted by molar-refractivity contribution is 6.07. The topological polar surface area (TPSA) is 136 Å². The third-order valence-corrected chi connectivity index (χ3v) is 7.89. The van der Waals surface area contributed by atoms with E-state index in [0.717, 1.165) is 29.7 Å². The number of aryl methyl sites for hydroxylation is 1. The van der Waals surface area contributed by atoms with Crippen LogP contribution in [0, 0.1) is 18.3 Å². The van der Waals surface area contributed by atoms with Crippen LogP contribution in [0.25, 0.3) is 11.0 Å². The number of urea groups is 1. The fourth-order valence-corrected chi connectivity index (χ4v) is 5.55. The van der Waals surface area contributed by atoms with Crippen molar-refractivity contribution in [3.8, 4) is 6.07 Å². The lowest BCUT2D eigenvalue weighted by atomic mass is 9.87. The maximum absolute atomic E-state index is 13.4. The minimum Gasteiger partial charge on any atom is -0.422 e. The Morgan fingerprint density at radius 1 is 1.15 bits per heavy atom. The summed E-state index contributed by atoms with van der Waals surface area (Å²) < 4.78 is 5.68. The van der Waals surface area contributed by atoms with E-state index in [0.29, 0.717) is 43.0 Å². The highest BCUT2D eigenvalue weighted by Crippen LogP contribution is 2.31. The van der Waals surface area contributed by atoms with Crippen LogP contribution in [0.3, 0.4) is 0 Å². The van der Waals surface area contributed by atoms with Gasteiger partial charge in [0.1, 0.15) is 22.9 Å². The molecule has 3 aromatic rings. The van der Waals surface area contributed by atoms with Crippen molar-refractivity contribution in [2.75, 3.05) is 42.5 Å². The molecule has 2 aliphatic heterocycles. The molecule has 0 aliphatic carbocycles. The van der Waals surface area contributed by atoms with Gasteiger partial charge in [-0.05, 0) is 63.8 Å². The number of amides is 3. The number of piperidine rings is 1. The molecule has 3 amide bonds. The van der Waals surface area contributed by atoms with Gasteiger partial charge < -0.3 is 19.5 Å². The summed E-state index contributed by atoms with van der Waals surface area (Å²) in [6, 6.07) is 8.94. The lowest BCUT2D eigenvalue weighted by molar-refractivity contribution is -0.132. The zero-order valence-corrected chi connectivity index (χ0v) is 22.4. The number of fused-ring (bicyclic) bond motifs is 1. The highest BCUT2D eigenvalue weighted by atomic mass is 16.4. The molecular weight excluding hydrogens is 498 g/mol. The zero-order valence-electron chi connectivity index (χ0n) is 22.4. The maximum atomic E-state index is 13.4. The van der Waals surface area contributed by atoms with Gasteiger partial charge in [0, 0.05) is 61.6 Å². The molecule has 11 heteroatoms. The Morgan fingerprint density at radius 2 is 1.90 bits per heavy atom. The molecule has 2 fully saturated rings. The summed E-state index contributed by atoms with van der Waals surface area (Å²) in [6.45, 7) is 8.70. The Hall–Kier alpha value is -4.46. The summed E-state index contributed by atoms with van der Waals surface area (Å²) >= 11 is 0. The molecule has 2 aromatic heterocycles. The molecule has 0 atom stereocenters. The SMILES string of the molecule is CCN(CC)c1ccc2c(C)c(CCN3C(=O)NC4(CCN(c5nccc(C#N)n5)CC4)C3=O)c(=O)oc2c1. The van der Waals surface area contributed by atoms with Crippen molar-refractivity contribution in [2.24, 2.45) is 0 Å². The van der Waals surface area contributed by atoms with Gasteiger partial charge in [0.2, 0.25) is 5.95 Å². The van der Waals surface area contributed by atoms with Gasteiger partial charge in [-0.3, -0.25) is 9.69 Å². The third kappa shape index (κ3) is 4.67. The Balaban J connectivity index is 1.29. The first-order chi connectivity index (χ1) is 18.8. The van der Waals surface area contributed by atoms with Gasteiger partial charge in [0.15, 0.2) is 0 Å². The molecule has 0 radical (unpaired) electrons. The second kappa shape index (κ2) is 10.4. The van der Waals surface area contributed by atoms with Gasteiger partial charge in [-0.1, -0.05) is 0 Å². The van der Waals surface area contributed by atoms with Crippen LogP contribution < -0.4 is 20.7 Å². The van der Waals surface area contributed by atoms with Gasteiger partial charge >= 0.3 is 11.7 Å². The molecule has 39 heavy (non-hydrogen) atoms. The number of carbonyl (C=O) groups is 2. The summed E-state index contributed by atoms with van der Waals surface area (Å²) in [6.07, 6.45) is 2.52. The number of hydrogen-bond acceptors (Lipinski definition) is 9. The molecule has 0 bridgehead atoms. The third-order valence-electron chi connectivity index (χ3n) is 7.89. The number of nitrogens with one attached hydrogen (secondary N) is 1. The first kappa shape index (κ1) is 26.2. The standard InChI is InChI=1S/C28H31N7O4/c1-4-33(5-2)20-6-7-21-18(3)22(24(36)39-23(21)16-20)9-13-35-25(37)28(32-27(35)38)10-14-34(15-11-28)26-30-12-8-19(17-29)31-26/h6-8,12,16H,4-5,9-11,13-15H2,1-3H3,(H,32,38). The smallest absolute Gasteiger partial charge is 0.339 e. The van der Waals surface area contributed by atoms with Crippen molar-refractivity contribution in [3.63, 3.8) is 0 Å². The monoisotopic (exact) mass is 529 g/mol. The van der Waals surface area contributed by atoms with Gasteiger partial charge in [0.25, 0.3) is 5.91 Å². The summed E-state index contributed by atoms with van der Waals surface area (Å²) in [5.74, 6) is 0.144. The lowest BCUT2D eigenvalue weighted by Gasteiger charge is -2.37. The van der Waals surface area contributed by atoms with Crippen molar-refractivity contribution in [1.29, 1.82) is 5.26 Å². The van der Waals surface area contributed by atoms with Gasteiger partial charge in [-0.25, -0.2) is 19.6 Å². The fraction of sp³-hybridized carbons (Fsp3) is 0.429. The Kier molecular flexibility index (Phi) is 6.95. The molecule has 1 N–H and O–H groups in total. The van der Waals surface area contributed by atoms with Crippen molar-refractivity contribution in [1.82, 2.24) is 20.2 Å². The Morgan fingerprint density at radius 3 is 2.59 bits per heavy atom. The Labute approximate surface area is 226 Å². The minimum atomic E-state index is -0.996. The van der Waals surface area contributed by atoms with E-state index in [-0.39, 0.29) is 24.6 Å². The molecule has 2 saturated heterocycles. The predicted molar refractivity (Wildman–Crippen MR) is 146 cm³/mol. The highest BCUT2D eigenvalue weighted by Gasteiger charge is 2.52. The van der Waals surface area contributed by atoms with Crippen LogP contribution in [0.1, 0.15) is 43.5 Å². The molecular formula is C28H31N7O4. The van der Waals surface area contributed by atoms with Crippen LogP contribution in [-0.4, -0.2) is 65.1 Å². The number of nitrogens with zero attached hydrogens (tertiary/aromatic N) is 6. The summed E-state index contributed by atoms with van der Waals surface area (Å²) in [5, 5.41) is 12.8. The molecule has 202 valence electrons. The second-order valence-electron chi connectivity index (χ2n) is 9.91. The van der Waals surface area contributed by atoms with Crippen LogP contribution >= 0.6 is 0 Å².